The summed E-state index contributed by atoms with van der Waals surface area (Å²) in [4.78, 5) is 37.9. The molecule has 1 aliphatic heterocycles. The highest BCUT2D eigenvalue weighted by Crippen LogP contribution is 2.34. The Balaban J connectivity index is 1.64. The van der Waals surface area contributed by atoms with Gasteiger partial charge in [0.2, 0.25) is 5.90 Å². The van der Waals surface area contributed by atoms with Gasteiger partial charge in [0.05, 0.1) is 17.0 Å². The molecule has 182 valence electrons. The number of methoxy groups -OCH3 is 1. The number of para-hydroxylation sites is 1. The van der Waals surface area contributed by atoms with Crippen LogP contribution in [0.4, 0.5) is 11.4 Å². The van der Waals surface area contributed by atoms with E-state index in [2.05, 4.69) is 4.99 Å². The number of rotatable bonds is 8. The first-order valence-corrected chi connectivity index (χ1v) is 10.6. The number of carbonyl (C=O) groups is 1. The molecule has 0 N–H and O–H groups in total. The van der Waals surface area contributed by atoms with Crippen molar-refractivity contribution in [2.24, 2.45) is 4.99 Å². The van der Waals surface area contributed by atoms with Gasteiger partial charge in [0.1, 0.15) is 6.61 Å². The fourth-order valence-electron chi connectivity index (χ4n) is 3.55. The topological polar surface area (TPSA) is 143 Å². The molecule has 0 fully saturated rings. The van der Waals surface area contributed by atoms with Crippen molar-refractivity contribution in [3.05, 3.63) is 109 Å². The lowest BCUT2D eigenvalue weighted by molar-refractivity contribution is -0.385. The second kappa shape index (κ2) is 10.1. The van der Waals surface area contributed by atoms with Gasteiger partial charge >= 0.3 is 5.97 Å². The Morgan fingerprint density at radius 2 is 1.81 bits per heavy atom. The van der Waals surface area contributed by atoms with E-state index in [1.807, 2.05) is 0 Å². The molecule has 3 aromatic carbocycles. The zero-order valence-corrected chi connectivity index (χ0v) is 19.2. The molecule has 0 aliphatic carbocycles. The summed E-state index contributed by atoms with van der Waals surface area (Å²) < 4.78 is 16.6. The van der Waals surface area contributed by atoms with Gasteiger partial charge in [-0.1, -0.05) is 24.3 Å². The van der Waals surface area contributed by atoms with Crippen molar-refractivity contribution < 1.29 is 28.9 Å². The van der Waals surface area contributed by atoms with Crippen LogP contribution in [0.15, 0.2) is 71.4 Å². The average Bonchev–Trinajstić information content (AvgIpc) is 3.22. The van der Waals surface area contributed by atoms with Crippen molar-refractivity contribution in [3.63, 3.8) is 0 Å². The molecule has 0 atom stereocenters. The number of nitro benzene ring substituents is 2. The van der Waals surface area contributed by atoms with Gasteiger partial charge in [0.15, 0.2) is 17.2 Å². The molecule has 1 heterocycles. The van der Waals surface area contributed by atoms with Gasteiger partial charge in [-0.15, -0.1) is 0 Å². The van der Waals surface area contributed by atoms with E-state index in [1.165, 1.54) is 43.5 Å². The zero-order valence-electron chi connectivity index (χ0n) is 19.2. The third-order valence-electron chi connectivity index (χ3n) is 5.29. The molecule has 0 saturated heterocycles. The van der Waals surface area contributed by atoms with Crippen LogP contribution in [-0.2, 0) is 16.1 Å². The average molecular weight is 489 g/mol. The Morgan fingerprint density at radius 1 is 1.03 bits per heavy atom. The van der Waals surface area contributed by atoms with Crippen molar-refractivity contribution in [2.75, 3.05) is 7.11 Å². The third kappa shape index (κ3) is 5.04. The van der Waals surface area contributed by atoms with E-state index in [0.29, 0.717) is 33.8 Å². The van der Waals surface area contributed by atoms with Gasteiger partial charge in [0.25, 0.3) is 11.4 Å². The molecule has 0 bridgehead atoms. The molecule has 0 saturated carbocycles. The maximum Gasteiger partial charge on any atom is 0.363 e. The molecule has 11 nitrogen and oxygen atoms in total. The highest BCUT2D eigenvalue weighted by Gasteiger charge is 2.26. The maximum absolute atomic E-state index is 12.5. The summed E-state index contributed by atoms with van der Waals surface area (Å²) in [6, 6.07) is 15.4. The van der Waals surface area contributed by atoms with E-state index in [0.717, 1.165) is 0 Å². The summed E-state index contributed by atoms with van der Waals surface area (Å²) in [7, 11) is 1.46. The van der Waals surface area contributed by atoms with Gasteiger partial charge in [0, 0.05) is 34.9 Å². The highest BCUT2D eigenvalue weighted by molar-refractivity contribution is 6.13. The number of cyclic esters (lactones) is 1. The summed E-state index contributed by atoms with van der Waals surface area (Å²) >= 11 is 0. The lowest BCUT2D eigenvalue weighted by Gasteiger charge is -2.13. The number of non-ortho nitro benzene ring substituents is 1. The third-order valence-corrected chi connectivity index (χ3v) is 5.29. The van der Waals surface area contributed by atoms with Crippen LogP contribution in [0, 0.1) is 27.2 Å². The Morgan fingerprint density at radius 3 is 2.50 bits per heavy atom. The lowest BCUT2D eigenvalue weighted by atomic mass is 10.1. The van der Waals surface area contributed by atoms with Gasteiger partial charge < -0.3 is 14.2 Å². The summed E-state index contributed by atoms with van der Waals surface area (Å²) in [5.41, 5.74) is 1.74. The maximum atomic E-state index is 12.5. The first-order chi connectivity index (χ1) is 17.3. The molecule has 0 amide bonds. The number of ether oxygens (including phenoxy) is 3. The molecule has 3 aromatic rings. The number of hydrogen-bond donors (Lipinski definition) is 0. The van der Waals surface area contributed by atoms with Crippen LogP contribution in [-0.4, -0.2) is 28.8 Å². The van der Waals surface area contributed by atoms with Gasteiger partial charge in [-0.2, -0.15) is 0 Å². The van der Waals surface area contributed by atoms with Crippen molar-refractivity contribution in [1.29, 1.82) is 0 Å². The molecule has 0 aromatic heterocycles. The number of carbonyl (C=O) groups excluding carboxylic acids is 1. The fourth-order valence-corrected chi connectivity index (χ4v) is 3.55. The molecular formula is C25H19N3O8. The summed E-state index contributed by atoms with van der Waals surface area (Å²) in [6.45, 7) is 1.59. The number of benzene rings is 3. The van der Waals surface area contributed by atoms with Crippen molar-refractivity contribution in [2.45, 2.75) is 13.5 Å². The number of esters is 1. The fraction of sp³-hybridized carbons (Fsp3) is 0.120. The number of nitro groups is 2. The summed E-state index contributed by atoms with van der Waals surface area (Å²) in [5, 5.41) is 22.1. The van der Waals surface area contributed by atoms with E-state index < -0.39 is 15.8 Å². The van der Waals surface area contributed by atoms with Gasteiger partial charge in [-0.05, 0) is 36.8 Å². The number of aliphatic imine (C=N–C) groups is 1. The van der Waals surface area contributed by atoms with Crippen LogP contribution < -0.4 is 9.47 Å². The molecular weight excluding hydrogens is 470 g/mol. The molecule has 11 heteroatoms. The first-order valence-electron chi connectivity index (χ1n) is 10.6. The normalized spacial score (nSPS) is 13.8. The Bertz CT molecular complexity index is 1440. The lowest BCUT2D eigenvalue weighted by Crippen LogP contribution is -2.06. The standard InChI is InChI=1S/C25H19N3O8/c1-15-11-18(9-10-21(15)28(32)33)24-26-20(25(29)36-24)13-17-6-4-8-22(34-2)23(17)35-14-16-5-3-7-19(12-16)27(30)31/h3-13H,14H2,1-2H3/b20-13-. The molecule has 36 heavy (non-hydrogen) atoms. The minimum atomic E-state index is -0.701. The summed E-state index contributed by atoms with van der Waals surface area (Å²) in [6.07, 6.45) is 1.47. The van der Waals surface area contributed by atoms with Crippen molar-refractivity contribution >= 4 is 29.3 Å². The predicted octanol–water partition coefficient (Wildman–Crippen LogP) is 4.74. The first kappa shape index (κ1) is 24.1. The van der Waals surface area contributed by atoms with Crippen molar-refractivity contribution in [3.8, 4) is 11.5 Å². The Labute approximate surface area is 204 Å². The monoisotopic (exact) mass is 489 g/mol. The molecule has 0 spiro atoms. The highest BCUT2D eigenvalue weighted by atomic mass is 16.6. The van der Waals surface area contributed by atoms with Crippen LogP contribution in [0.1, 0.15) is 22.3 Å². The minimum Gasteiger partial charge on any atom is -0.493 e. The number of aryl methyl sites for hydroxylation is 1. The molecule has 4 rings (SSSR count). The van der Waals surface area contributed by atoms with Gasteiger partial charge in [-0.3, -0.25) is 20.2 Å². The number of nitrogens with zero attached hydrogens (tertiary/aromatic N) is 3. The molecule has 1 aliphatic rings. The molecule has 0 unspecified atom stereocenters. The second-order valence-corrected chi connectivity index (χ2v) is 7.69. The quantitative estimate of drug-likeness (QED) is 0.191. The van der Waals surface area contributed by atoms with Crippen LogP contribution in [0.2, 0.25) is 0 Å². The van der Waals surface area contributed by atoms with Crippen LogP contribution in [0.25, 0.3) is 6.08 Å². The van der Waals surface area contributed by atoms with E-state index in [-0.39, 0.29) is 29.6 Å². The predicted molar refractivity (Wildman–Crippen MR) is 129 cm³/mol. The SMILES string of the molecule is COc1cccc(/C=C2\N=C(c3ccc([N+](=O)[O-])c(C)c3)OC2=O)c1OCc1cccc([N+](=O)[O-])c1. The van der Waals surface area contributed by atoms with E-state index in [4.69, 9.17) is 14.2 Å². The van der Waals surface area contributed by atoms with E-state index in [9.17, 15) is 25.0 Å². The minimum absolute atomic E-state index is 0.00513. The van der Waals surface area contributed by atoms with Crippen LogP contribution >= 0.6 is 0 Å². The smallest absolute Gasteiger partial charge is 0.363 e. The largest absolute Gasteiger partial charge is 0.493 e. The van der Waals surface area contributed by atoms with Crippen LogP contribution in [0.3, 0.4) is 0 Å². The Hall–Kier alpha value is -5.06. The second-order valence-electron chi connectivity index (χ2n) is 7.69. The van der Waals surface area contributed by atoms with E-state index >= 15 is 0 Å². The number of hydrogen-bond acceptors (Lipinski definition) is 9. The van der Waals surface area contributed by atoms with E-state index in [1.54, 1.807) is 37.3 Å². The van der Waals surface area contributed by atoms with Crippen LogP contribution in [0.5, 0.6) is 11.5 Å². The van der Waals surface area contributed by atoms with Gasteiger partial charge in [-0.25, -0.2) is 9.79 Å². The zero-order chi connectivity index (χ0) is 25.8. The molecule has 0 radical (unpaired) electrons. The summed E-state index contributed by atoms with van der Waals surface area (Å²) in [5.74, 6) is 0.0117. The Kier molecular flexibility index (Phi) is 6.72. The van der Waals surface area contributed by atoms with Crippen molar-refractivity contribution in [1.82, 2.24) is 0 Å².